The molecular weight excluding hydrogens is 330 g/mol. The maximum Gasteiger partial charge on any atom is 0.257 e. The van der Waals surface area contributed by atoms with Crippen molar-refractivity contribution in [1.82, 2.24) is 15.6 Å². The normalized spacial score (nSPS) is 10.3. The highest BCUT2D eigenvalue weighted by Crippen LogP contribution is 2.16. The maximum absolute atomic E-state index is 12.5. The van der Waals surface area contributed by atoms with Crippen LogP contribution in [0.25, 0.3) is 10.9 Å². The van der Waals surface area contributed by atoms with Gasteiger partial charge in [-0.15, -0.1) is 0 Å². The fourth-order valence-electron chi connectivity index (χ4n) is 2.49. The third-order valence-electron chi connectivity index (χ3n) is 3.90. The Morgan fingerprint density at radius 1 is 1.04 bits per heavy atom. The number of fused-ring (bicyclic) bond motifs is 1. The van der Waals surface area contributed by atoms with E-state index in [0.717, 1.165) is 10.9 Å². The fraction of sp³-hybridized carbons (Fsp3) is 0.150. The van der Waals surface area contributed by atoms with Crippen LogP contribution in [0.3, 0.4) is 0 Å². The third-order valence-corrected chi connectivity index (χ3v) is 3.90. The number of benzene rings is 2. The number of carbonyl (C=O) groups excluding carboxylic acids is 2. The first-order valence-corrected chi connectivity index (χ1v) is 8.21. The fourth-order valence-corrected chi connectivity index (χ4v) is 2.49. The smallest absolute Gasteiger partial charge is 0.257 e. The van der Waals surface area contributed by atoms with Gasteiger partial charge in [0.05, 0.1) is 11.1 Å². The minimum atomic E-state index is -0.190. The number of hydrogen-bond acceptors (Lipinski definition) is 4. The average Bonchev–Trinajstić information content (AvgIpc) is 2.70. The topological polar surface area (TPSA) is 80.3 Å². The first-order valence-electron chi connectivity index (χ1n) is 8.21. The summed E-state index contributed by atoms with van der Waals surface area (Å²) in [5.41, 5.74) is 2.16. The summed E-state index contributed by atoms with van der Waals surface area (Å²) in [6.45, 7) is 0.360. The summed E-state index contributed by atoms with van der Waals surface area (Å²) in [7, 11) is 1.56. The van der Waals surface area contributed by atoms with E-state index < -0.39 is 0 Å². The second kappa shape index (κ2) is 8.11. The summed E-state index contributed by atoms with van der Waals surface area (Å²) in [4.78, 5) is 28.0. The van der Waals surface area contributed by atoms with Crippen molar-refractivity contribution in [2.75, 3.05) is 13.7 Å². The van der Waals surface area contributed by atoms with Gasteiger partial charge in [-0.3, -0.25) is 14.6 Å². The Morgan fingerprint density at radius 3 is 2.58 bits per heavy atom. The Balaban J connectivity index is 1.61. The number of likely N-dealkylation sites (N-methyl/N-ethyl adjacent to an activating group) is 1. The van der Waals surface area contributed by atoms with E-state index in [4.69, 9.17) is 4.74 Å². The number of carbonyl (C=O) groups is 2. The number of amides is 2. The molecule has 0 aliphatic carbocycles. The number of rotatable bonds is 6. The lowest BCUT2D eigenvalue weighted by Crippen LogP contribution is -2.25. The molecule has 1 heterocycles. The molecule has 3 rings (SSSR count). The Morgan fingerprint density at radius 2 is 1.81 bits per heavy atom. The third kappa shape index (κ3) is 4.16. The van der Waals surface area contributed by atoms with Gasteiger partial charge in [-0.1, -0.05) is 30.3 Å². The number of nitrogens with one attached hydrogen (secondary N) is 2. The highest BCUT2D eigenvalue weighted by molar-refractivity contribution is 6.05. The van der Waals surface area contributed by atoms with E-state index in [2.05, 4.69) is 15.6 Å². The van der Waals surface area contributed by atoms with Crippen LogP contribution in [0.2, 0.25) is 0 Å². The summed E-state index contributed by atoms with van der Waals surface area (Å²) in [6, 6.07) is 16.5. The van der Waals surface area contributed by atoms with Gasteiger partial charge in [0.2, 0.25) is 0 Å². The minimum absolute atomic E-state index is 0.0271. The summed E-state index contributed by atoms with van der Waals surface area (Å²) in [5, 5.41) is 6.32. The Bertz CT molecular complexity index is 918. The van der Waals surface area contributed by atoms with Gasteiger partial charge in [0, 0.05) is 25.2 Å². The summed E-state index contributed by atoms with van der Waals surface area (Å²) < 4.78 is 5.35. The van der Waals surface area contributed by atoms with Crippen LogP contribution >= 0.6 is 0 Å². The van der Waals surface area contributed by atoms with Crippen molar-refractivity contribution in [2.24, 2.45) is 0 Å². The van der Waals surface area contributed by atoms with Gasteiger partial charge in [0.15, 0.2) is 6.61 Å². The number of pyridine rings is 1. The van der Waals surface area contributed by atoms with Crippen molar-refractivity contribution in [3.8, 4) is 5.75 Å². The zero-order valence-corrected chi connectivity index (χ0v) is 14.4. The van der Waals surface area contributed by atoms with Gasteiger partial charge in [-0.25, -0.2) is 0 Å². The van der Waals surface area contributed by atoms with Crippen molar-refractivity contribution >= 4 is 22.7 Å². The number of ether oxygens (including phenoxy) is 1. The molecular formula is C20H19N3O3. The lowest BCUT2D eigenvalue weighted by Gasteiger charge is -2.09. The molecule has 132 valence electrons. The van der Waals surface area contributed by atoms with Crippen LogP contribution in [-0.4, -0.2) is 30.5 Å². The zero-order valence-electron chi connectivity index (χ0n) is 14.4. The maximum atomic E-state index is 12.5. The van der Waals surface area contributed by atoms with Crippen LogP contribution < -0.4 is 15.4 Å². The molecule has 2 amide bonds. The lowest BCUT2D eigenvalue weighted by atomic mass is 10.1. The average molecular weight is 349 g/mol. The molecule has 0 radical (unpaired) electrons. The van der Waals surface area contributed by atoms with Crippen LogP contribution in [0.5, 0.6) is 5.75 Å². The van der Waals surface area contributed by atoms with Crippen molar-refractivity contribution in [3.05, 3.63) is 71.9 Å². The number of nitrogens with zero attached hydrogens (tertiary/aromatic N) is 1. The van der Waals surface area contributed by atoms with E-state index in [-0.39, 0.29) is 18.4 Å². The van der Waals surface area contributed by atoms with E-state index in [1.807, 2.05) is 36.4 Å². The van der Waals surface area contributed by atoms with Gasteiger partial charge in [-0.05, 0) is 29.8 Å². The van der Waals surface area contributed by atoms with Gasteiger partial charge in [-0.2, -0.15) is 0 Å². The van der Waals surface area contributed by atoms with Crippen LogP contribution in [0, 0.1) is 0 Å². The molecule has 0 unspecified atom stereocenters. The molecule has 0 fully saturated rings. The standard InChI is InChI=1S/C20H19N3O3/c1-21-18(24)13-26-16-9-7-14(8-10-16)12-23-20(25)17-6-2-4-15-5-3-11-22-19(15)17/h2-11H,12-13H2,1H3,(H,21,24)(H,23,25). The summed E-state index contributed by atoms with van der Waals surface area (Å²) in [6.07, 6.45) is 1.68. The molecule has 3 aromatic rings. The molecule has 0 bridgehead atoms. The largest absolute Gasteiger partial charge is 0.484 e. The molecule has 0 saturated heterocycles. The van der Waals surface area contributed by atoms with Crippen LogP contribution in [0.4, 0.5) is 0 Å². The molecule has 0 aliphatic rings. The SMILES string of the molecule is CNC(=O)COc1ccc(CNC(=O)c2cccc3cccnc23)cc1. The van der Waals surface area contributed by atoms with Crippen LogP contribution in [-0.2, 0) is 11.3 Å². The van der Waals surface area contributed by atoms with Crippen LogP contribution in [0.1, 0.15) is 15.9 Å². The van der Waals surface area contributed by atoms with Gasteiger partial charge >= 0.3 is 0 Å². The van der Waals surface area contributed by atoms with E-state index >= 15 is 0 Å². The first kappa shape index (κ1) is 17.4. The van der Waals surface area contributed by atoms with Crippen molar-refractivity contribution in [2.45, 2.75) is 6.54 Å². The highest BCUT2D eigenvalue weighted by Gasteiger charge is 2.10. The predicted molar refractivity (Wildman–Crippen MR) is 98.9 cm³/mol. The Hall–Kier alpha value is -3.41. The quantitative estimate of drug-likeness (QED) is 0.715. The molecule has 0 spiro atoms. The van der Waals surface area contributed by atoms with Crippen LogP contribution in [0.15, 0.2) is 60.8 Å². The minimum Gasteiger partial charge on any atom is -0.484 e. The lowest BCUT2D eigenvalue weighted by molar-refractivity contribution is -0.122. The van der Waals surface area contributed by atoms with E-state index in [1.165, 1.54) is 0 Å². The molecule has 1 aromatic heterocycles. The number of hydrogen-bond donors (Lipinski definition) is 2. The summed E-state index contributed by atoms with van der Waals surface area (Å²) in [5.74, 6) is 0.237. The molecule has 6 heteroatoms. The first-order chi connectivity index (χ1) is 12.7. The van der Waals surface area contributed by atoms with E-state index in [9.17, 15) is 9.59 Å². The molecule has 26 heavy (non-hydrogen) atoms. The number of para-hydroxylation sites is 1. The zero-order chi connectivity index (χ0) is 18.4. The molecule has 0 atom stereocenters. The van der Waals surface area contributed by atoms with E-state index in [1.54, 1.807) is 31.4 Å². The highest BCUT2D eigenvalue weighted by atomic mass is 16.5. The van der Waals surface area contributed by atoms with Gasteiger partial charge < -0.3 is 15.4 Å². The molecule has 2 aromatic carbocycles. The summed E-state index contributed by atoms with van der Waals surface area (Å²) >= 11 is 0. The van der Waals surface area contributed by atoms with Crippen molar-refractivity contribution < 1.29 is 14.3 Å². The monoisotopic (exact) mass is 349 g/mol. The molecule has 0 aliphatic heterocycles. The van der Waals surface area contributed by atoms with Crippen molar-refractivity contribution in [3.63, 3.8) is 0 Å². The van der Waals surface area contributed by atoms with Crippen molar-refractivity contribution in [1.29, 1.82) is 0 Å². The molecule has 0 saturated carbocycles. The second-order valence-corrected chi connectivity index (χ2v) is 5.67. The van der Waals surface area contributed by atoms with Gasteiger partial charge in [0.1, 0.15) is 5.75 Å². The molecule has 6 nitrogen and oxygen atoms in total. The van der Waals surface area contributed by atoms with E-state index in [0.29, 0.717) is 23.4 Å². The second-order valence-electron chi connectivity index (χ2n) is 5.67. The molecule has 2 N–H and O–H groups in total. The Labute approximate surface area is 151 Å². The Kier molecular flexibility index (Phi) is 5.43. The van der Waals surface area contributed by atoms with Gasteiger partial charge in [0.25, 0.3) is 11.8 Å². The number of aromatic nitrogens is 1. The predicted octanol–water partition coefficient (Wildman–Crippen LogP) is 2.29.